The average molecular weight is 308 g/mol. The van der Waals surface area contributed by atoms with Crippen LogP contribution >= 0.6 is 0 Å². The fourth-order valence-electron chi connectivity index (χ4n) is 2.24. The van der Waals surface area contributed by atoms with Gasteiger partial charge >= 0.3 is 5.97 Å². The second-order valence-electron chi connectivity index (χ2n) is 5.21. The highest BCUT2D eigenvalue weighted by Crippen LogP contribution is 2.21. The summed E-state index contributed by atoms with van der Waals surface area (Å²) in [5, 5.41) is 2.62. The number of nitrogens with zero attached hydrogens (tertiary/aromatic N) is 1. The molecule has 1 N–H and O–H groups in total. The molecule has 0 bridgehead atoms. The molecule has 2 rings (SSSR count). The fourth-order valence-corrected chi connectivity index (χ4v) is 2.24. The smallest absolute Gasteiger partial charge is 0.311 e. The molecule has 1 atom stereocenters. The first-order valence-corrected chi connectivity index (χ1v) is 7.33. The van der Waals surface area contributed by atoms with E-state index in [2.05, 4.69) is 5.32 Å². The predicted octanol–water partition coefficient (Wildman–Crippen LogP) is 0.698. The Balaban J connectivity index is 1.77. The molecule has 0 aliphatic carbocycles. The highest BCUT2D eigenvalue weighted by Gasteiger charge is 2.35. The Morgan fingerprint density at radius 1 is 1.50 bits per heavy atom. The molecule has 7 nitrogen and oxygen atoms in total. The number of ether oxygens (including phenoxy) is 1. The number of carbonyl (C=O) groups excluding carboxylic acids is 3. The third kappa shape index (κ3) is 4.34. The molecule has 0 radical (unpaired) electrons. The predicted molar refractivity (Wildman–Crippen MR) is 76.5 cm³/mol. The Morgan fingerprint density at radius 3 is 3.00 bits per heavy atom. The third-order valence-electron chi connectivity index (χ3n) is 3.39. The summed E-state index contributed by atoms with van der Waals surface area (Å²) in [6, 6.07) is 3.52. The van der Waals surface area contributed by atoms with Crippen molar-refractivity contribution < 1.29 is 23.5 Å². The van der Waals surface area contributed by atoms with Gasteiger partial charge in [0, 0.05) is 19.5 Å². The molecule has 7 heteroatoms. The normalized spacial score (nSPS) is 17.6. The van der Waals surface area contributed by atoms with Crippen molar-refractivity contribution in [2.45, 2.75) is 26.3 Å². The van der Waals surface area contributed by atoms with E-state index in [0.29, 0.717) is 18.8 Å². The van der Waals surface area contributed by atoms with Gasteiger partial charge in [0.25, 0.3) is 5.91 Å². The van der Waals surface area contributed by atoms with Gasteiger partial charge in [-0.1, -0.05) is 6.92 Å². The van der Waals surface area contributed by atoms with Gasteiger partial charge in [0.15, 0.2) is 6.61 Å². The Morgan fingerprint density at radius 2 is 2.32 bits per heavy atom. The van der Waals surface area contributed by atoms with E-state index in [0.717, 1.165) is 6.42 Å². The second kappa shape index (κ2) is 7.63. The molecule has 0 saturated carbocycles. The summed E-state index contributed by atoms with van der Waals surface area (Å²) in [4.78, 5) is 36.7. The van der Waals surface area contributed by atoms with Crippen molar-refractivity contribution in [3.05, 3.63) is 24.2 Å². The molecule has 22 heavy (non-hydrogen) atoms. The average Bonchev–Trinajstić information content (AvgIpc) is 3.13. The van der Waals surface area contributed by atoms with Crippen LogP contribution in [0.1, 0.15) is 25.5 Å². The van der Waals surface area contributed by atoms with Crippen LogP contribution < -0.4 is 5.32 Å². The maximum absolute atomic E-state index is 11.9. The van der Waals surface area contributed by atoms with E-state index < -0.39 is 11.9 Å². The minimum Gasteiger partial charge on any atom is -0.467 e. The summed E-state index contributed by atoms with van der Waals surface area (Å²) >= 11 is 0. The first-order chi connectivity index (χ1) is 10.6. The molecule has 0 spiro atoms. The maximum atomic E-state index is 11.9. The van der Waals surface area contributed by atoms with Crippen molar-refractivity contribution in [3.8, 4) is 0 Å². The largest absolute Gasteiger partial charge is 0.467 e. The van der Waals surface area contributed by atoms with Gasteiger partial charge in [-0.25, -0.2) is 0 Å². The number of nitrogens with one attached hydrogen (secondary N) is 1. The van der Waals surface area contributed by atoms with Crippen molar-refractivity contribution in [1.82, 2.24) is 10.2 Å². The van der Waals surface area contributed by atoms with Crippen LogP contribution in [0.25, 0.3) is 0 Å². The highest BCUT2D eigenvalue weighted by atomic mass is 16.5. The molecule has 1 saturated heterocycles. The fraction of sp³-hybridized carbons (Fsp3) is 0.533. The van der Waals surface area contributed by atoms with E-state index in [4.69, 9.17) is 9.15 Å². The van der Waals surface area contributed by atoms with Crippen molar-refractivity contribution in [3.63, 3.8) is 0 Å². The van der Waals surface area contributed by atoms with Crippen LogP contribution in [-0.2, 0) is 25.7 Å². The van der Waals surface area contributed by atoms with Crippen molar-refractivity contribution in [2.75, 3.05) is 19.7 Å². The number of hydrogen-bond donors (Lipinski definition) is 1. The minimum atomic E-state index is -0.526. The van der Waals surface area contributed by atoms with Crippen LogP contribution in [0.5, 0.6) is 0 Å². The summed E-state index contributed by atoms with van der Waals surface area (Å²) in [5.74, 6) is -0.814. The van der Waals surface area contributed by atoms with Crippen molar-refractivity contribution in [1.29, 1.82) is 0 Å². The van der Waals surface area contributed by atoms with Crippen LogP contribution in [-0.4, -0.2) is 42.4 Å². The van der Waals surface area contributed by atoms with Crippen LogP contribution in [0, 0.1) is 5.92 Å². The number of rotatable bonds is 7. The van der Waals surface area contributed by atoms with E-state index in [1.54, 1.807) is 17.0 Å². The summed E-state index contributed by atoms with van der Waals surface area (Å²) in [7, 11) is 0. The third-order valence-corrected chi connectivity index (χ3v) is 3.39. The number of hydrogen-bond acceptors (Lipinski definition) is 5. The topological polar surface area (TPSA) is 88.8 Å². The maximum Gasteiger partial charge on any atom is 0.311 e. The van der Waals surface area contributed by atoms with E-state index in [-0.39, 0.29) is 31.4 Å². The molecule has 0 aromatic carbocycles. The van der Waals surface area contributed by atoms with Gasteiger partial charge in [0.2, 0.25) is 5.91 Å². The number of esters is 1. The molecule has 1 aliphatic rings. The summed E-state index contributed by atoms with van der Waals surface area (Å²) in [5.41, 5.74) is 0. The standard InChI is InChI=1S/C15H20N2O5/c1-2-5-16-13(18)10-22-15(20)11-7-14(19)17(8-11)9-12-4-3-6-21-12/h3-4,6,11H,2,5,7-10H2,1H3,(H,16,18)/t11-/m1/s1. The van der Waals surface area contributed by atoms with E-state index >= 15 is 0 Å². The molecule has 1 aliphatic heterocycles. The Hall–Kier alpha value is -2.31. The number of likely N-dealkylation sites (tertiary alicyclic amines) is 1. The van der Waals surface area contributed by atoms with Gasteiger partial charge in [0.1, 0.15) is 5.76 Å². The monoisotopic (exact) mass is 308 g/mol. The van der Waals surface area contributed by atoms with Gasteiger partial charge in [-0.2, -0.15) is 0 Å². The Labute approximate surface area is 128 Å². The van der Waals surface area contributed by atoms with Gasteiger partial charge in [-0.15, -0.1) is 0 Å². The van der Waals surface area contributed by atoms with E-state index in [1.807, 2.05) is 6.92 Å². The molecule has 2 heterocycles. The zero-order chi connectivity index (χ0) is 15.9. The van der Waals surface area contributed by atoms with Crippen LogP contribution in [0.4, 0.5) is 0 Å². The van der Waals surface area contributed by atoms with Crippen molar-refractivity contribution in [2.24, 2.45) is 5.92 Å². The zero-order valence-electron chi connectivity index (χ0n) is 12.5. The summed E-state index contributed by atoms with van der Waals surface area (Å²) in [6.45, 7) is 2.81. The Bertz CT molecular complexity index is 526. The van der Waals surface area contributed by atoms with Gasteiger partial charge in [-0.05, 0) is 18.6 Å². The molecule has 2 amide bonds. The second-order valence-corrected chi connectivity index (χ2v) is 5.21. The SMILES string of the molecule is CCCNC(=O)COC(=O)[C@@H]1CC(=O)N(Cc2ccco2)C1. The Kier molecular flexibility index (Phi) is 5.57. The zero-order valence-corrected chi connectivity index (χ0v) is 12.5. The molecule has 1 fully saturated rings. The van der Waals surface area contributed by atoms with E-state index in [9.17, 15) is 14.4 Å². The minimum absolute atomic E-state index is 0.107. The number of furan rings is 1. The summed E-state index contributed by atoms with van der Waals surface area (Å²) < 4.78 is 10.2. The highest BCUT2D eigenvalue weighted by molar-refractivity contribution is 5.88. The first-order valence-electron chi connectivity index (χ1n) is 7.33. The van der Waals surface area contributed by atoms with Gasteiger partial charge < -0.3 is 19.4 Å². The van der Waals surface area contributed by atoms with Crippen LogP contribution in [0.15, 0.2) is 22.8 Å². The van der Waals surface area contributed by atoms with Crippen LogP contribution in [0.3, 0.4) is 0 Å². The number of amides is 2. The molecule has 0 unspecified atom stereocenters. The van der Waals surface area contributed by atoms with Gasteiger partial charge in [-0.3, -0.25) is 14.4 Å². The number of carbonyl (C=O) groups is 3. The van der Waals surface area contributed by atoms with E-state index in [1.165, 1.54) is 6.26 Å². The molecule has 1 aromatic rings. The molecular formula is C15H20N2O5. The van der Waals surface area contributed by atoms with Crippen LogP contribution in [0.2, 0.25) is 0 Å². The first kappa shape index (κ1) is 16.1. The molecular weight excluding hydrogens is 288 g/mol. The van der Waals surface area contributed by atoms with Crippen molar-refractivity contribution >= 4 is 17.8 Å². The lowest BCUT2D eigenvalue weighted by molar-refractivity contribution is -0.152. The quantitative estimate of drug-likeness (QED) is 0.749. The molecule has 1 aromatic heterocycles. The molecule has 120 valence electrons. The lowest BCUT2D eigenvalue weighted by atomic mass is 10.1. The lowest BCUT2D eigenvalue weighted by Crippen LogP contribution is -2.31. The van der Waals surface area contributed by atoms with Gasteiger partial charge in [0.05, 0.1) is 18.7 Å². The lowest BCUT2D eigenvalue weighted by Gasteiger charge is -2.14. The summed E-state index contributed by atoms with van der Waals surface area (Å²) in [6.07, 6.45) is 2.46.